The highest BCUT2D eigenvalue weighted by molar-refractivity contribution is 6.07. The average molecular weight is 328 g/mol. The van der Waals surface area contributed by atoms with E-state index in [1.54, 1.807) is 6.07 Å². The number of halogens is 5. The van der Waals surface area contributed by atoms with Crippen molar-refractivity contribution >= 4 is 11.9 Å². The minimum Gasteiger partial charge on any atom is -0.497 e. The zero-order chi connectivity index (χ0) is 17.1. The third-order valence-corrected chi connectivity index (χ3v) is 3.00. The van der Waals surface area contributed by atoms with Gasteiger partial charge in [0.25, 0.3) is 0 Å². The van der Waals surface area contributed by atoms with Gasteiger partial charge < -0.3 is 4.74 Å². The standard InChI is InChI=1S/C16H9F5O2/c1-23-9-4-2-3-8(7-9)11(22)6-5-10-12(17)14(19)16(21)15(20)13(10)18/h2-7H,1H3/b6-5+. The fourth-order valence-electron chi connectivity index (χ4n) is 1.80. The first kappa shape index (κ1) is 16.7. The van der Waals surface area contributed by atoms with Gasteiger partial charge in [-0.25, -0.2) is 22.0 Å². The molecule has 0 spiro atoms. The van der Waals surface area contributed by atoms with Crippen LogP contribution < -0.4 is 4.74 Å². The zero-order valence-corrected chi connectivity index (χ0v) is 11.7. The fourth-order valence-corrected chi connectivity index (χ4v) is 1.80. The molecule has 0 N–H and O–H groups in total. The molecular formula is C16H9F5O2. The Kier molecular flexibility index (Phi) is 4.78. The SMILES string of the molecule is COc1cccc(C(=O)/C=C/c2c(F)c(F)c(F)c(F)c2F)c1. The minimum atomic E-state index is -2.25. The summed E-state index contributed by atoms with van der Waals surface area (Å²) in [5.74, 6) is -10.7. The van der Waals surface area contributed by atoms with Crippen LogP contribution >= 0.6 is 0 Å². The van der Waals surface area contributed by atoms with Gasteiger partial charge >= 0.3 is 0 Å². The van der Waals surface area contributed by atoms with E-state index in [2.05, 4.69) is 0 Å². The summed E-state index contributed by atoms with van der Waals surface area (Å²) >= 11 is 0. The maximum absolute atomic E-state index is 13.5. The molecule has 0 bridgehead atoms. The van der Waals surface area contributed by atoms with Crippen molar-refractivity contribution < 1.29 is 31.5 Å². The number of hydrogen-bond donors (Lipinski definition) is 0. The van der Waals surface area contributed by atoms with Crippen molar-refractivity contribution in [1.29, 1.82) is 0 Å². The van der Waals surface area contributed by atoms with Crippen molar-refractivity contribution in [1.82, 2.24) is 0 Å². The van der Waals surface area contributed by atoms with Crippen molar-refractivity contribution in [2.45, 2.75) is 0 Å². The molecular weight excluding hydrogens is 319 g/mol. The number of hydrogen-bond acceptors (Lipinski definition) is 2. The smallest absolute Gasteiger partial charge is 0.200 e. The van der Waals surface area contributed by atoms with E-state index in [9.17, 15) is 26.7 Å². The van der Waals surface area contributed by atoms with E-state index in [0.29, 0.717) is 17.9 Å². The van der Waals surface area contributed by atoms with E-state index in [4.69, 9.17) is 4.74 Å². The Balaban J connectivity index is 2.39. The van der Waals surface area contributed by atoms with E-state index < -0.39 is 40.4 Å². The first-order valence-electron chi connectivity index (χ1n) is 6.24. The van der Waals surface area contributed by atoms with Gasteiger partial charge in [0.1, 0.15) is 5.75 Å². The van der Waals surface area contributed by atoms with Gasteiger partial charge in [-0.3, -0.25) is 4.79 Å². The lowest BCUT2D eigenvalue weighted by molar-refractivity contribution is 0.104. The Hall–Kier alpha value is -2.70. The first-order valence-corrected chi connectivity index (χ1v) is 6.24. The molecule has 0 atom stereocenters. The number of benzene rings is 2. The number of carbonyl (C=O) groups excluding carboxylic acids is 1. The highest BCUT2D eigenvalue weighted by Gasteiger charge is 2.24. The second-order valence-electron chi connectivity index (χ2n) is 4.41. The quantitative estimate of drug-likeness (QED) is 0.275. The molecule has 0 aliphatic carbocycles. The van der Waals surface area contributed by atoms with Crippen molar-refractivity contribution in [3.8, 4) is 5.75 Å². The molecule has 23 heavy (non-hydrogen) atoms. The second kappa shape index (κ2) is 6.60. The summed E-state index contributed by atoms with van der Waals surface area (Å²) in [6, 6.07) is 5.86. The monoisotopic (exact) mass is 328 g/mol. The normalized spacial score (nSPS) is 11.0. The molecule has 120 valence electrons. The molecule has 0 radical (unpaired) electrons. The number of carbonyl (C=O) groups is 1. The molecule has 0 aromatic heterocycles. The van der Waals surface area contributed by atoms with E-state index in [1.165, 1.54) is 25.3 Å². The average Bonchev–Trinajstić information content (AvgIpc) is 2.58. The van der Waals surface area contributed by atoms with Gasteiger partial charge in [0, 0.05) is 5.56 Å². The van der Waals surface area contributed by atoms with Gasteiger partial charge in [0.05, 0.1) is 12.7 Å². The number of ketones is 1. The lowest BCUT2D eigenvalue weighted by atomic mass is 10.1. The van der Waals surface area contributed by atoms with Crippen LogP contribution in [0.1, 0.15) is 15.9 Å². The Morgan fingerprint density at radius 3 is 2.09 bits per heavy atom. The predicted octanol–water partition coefficient (Wildman–Crippen LogP) is 4.29. The lowest BCUT2D eigenvalue weighted by Crippen LogP contribution is -2.04. The minimum absolute atomic E-state index is 0.129. The molecule has 0 unspecified atom stereocenters. The van der Waals surface area contributed by atoms with E-state index in [0.717, 1.165) is 0 Å². The fraction of sp³-hybridized carbons (Fsp3) is 0.0625. The molecule has 2 aromatic rings. The van der Waals surface area contributed by atoms with Gasteiger partial charge in [-0.2, -0.15) is 0 Å². The molecule has 2 aromatic carbocycles. The first-order chi connectivity index (χ1) is 10.9. The molecule has 0 saturated heterocycles. The number of ether oxygens (including phenoxy) is 1. The Morgan fingerprint density at radius 1 is 0.957 bits per heavy atom. The third-order valence-electron chi connectivity index (χ3n) is 3.00. The largest absolute Gasteiger partial charge is 0.497 e. The van der Waals surface area contributed by atoms with Crippen LogP contribution in [0.3, 0.4) is 0 Å². The topological polar surface area (TPSA) is 26.3 Å². The maximum atomic E-state index is 13.5. The van der Waals surface area contributed by atoms with E-state index in [1.807, 2.05) is 0 Å². The Labute approximate surface area is 127 Å². The van der Waals surface area contributed by atoms with Crippen LogP contribution in [0.2, 0.25) is 0 Å². The van der Waals surface area contributed by atoms with Gasteiger partial charge in [-0.05, 0) is 24.3 Å². The van der Waals surface area contributed by atoms with E-state index >= 15 is 0 Å². The summed E-state index contributed by atoms with van der Waals surface area (Å²) in [4.78, 5) is 11.9. The van der Waals surface area contributed by atoms with Crippen molar-refractivity contribution in [2.75, 3.05) is 7.11 Å². The molecule has 2 rings (SSSR count). The molecule has 0 saturated carbocycles. The summed E-state index contributed by atoms with van der Waals surface area (Å²) < 4.78 is 70.9. The highest BCUT2D eigenvalue weighted by Crippen LogP contribution is 2.24. The number of allylic oxidation sites excluding steroid dienone is 1. The zero-order valence-electron chi connectivity index (χ0n) is 11.7. The van der Waals surface area contributed by atoms with Crippen LogP contribution in [0, 0.1) is 29.1 Å². The van der Waals surface area contributed by atoms with Crippen LogP contribution in [0.4, 0.5) is 22.0 Å². The van der Waals surface area contributed by atoms with Gasteiger partial charge in [-0.1, -0.05) is 12.1 Å². The van der Waals surface area contributed by atoms with Crippen LogP contribution in [-0.4, -0.2) is 12.9 Å². The van der Waals surface area contributed by atoms with Crippen molar-refractivity contribution in [2.24, 2.45) is 0 Å². The van der Waals surface area contributed by atoms with Crippen molar-refractivity contribution in [3.63, 3.8) is 0 Å². The predicted molar refractivity (Wildman–Crippen MR) is 72.6 cm³/mol. The van der Waals surface area contributed by atoms with Crippen LogP contribution in [0.15, 0.2) is 30.3 Å². The Bertz CT molecular complexity index is 770. The summed E-state index contributed by atoms with van der Waals surface area (Å²) in [6.45, 7) is 0. The number of rotatable bonds is 4. The molecule has 0 aliphatic rings. The summed E-state index contributed by atoms with van der Waals surface area (Å²) in [7, 11) is 1.38. The third kappa shape index (κ3) is 3.23. The molecule has 0 heterocycles. The number of methoxy groups -OCH3 is 1. The molecule has 0 amide bonds. The van der Waals surface area contributed by atoms with E-state index in [-0.39, 0.29) is 5.56 Å². The molecule has 0 fully saturated rings. The highest BCUT2D eigenvalue weighted by atomic mass is 19.2. The van der Waals surface area contributed by atoms with Crippen molar-refractivity contribution in [3.05, 3.63) is 70.6 Å². The second-order valence-corrected chi connectivity index (χ2v) is 4.41. The molecule has 0 aliphatic heterocycles. The maximum Gasteiger partial charge on any atom is 0.200 e. The van der Waals surface area contributed by atoms with Crippen LogP contribution in [0.25, 0.3) is 6.08 Å². The van der Waals surface area contributed by atoms with Gasteiger partial charge in [0.2, 0.25) is 5.82 Å². The molecule has 7 heteroatoms. The molecule has 2 nitrogen and oxygen atoms in total. The van der Waals surface area contributed by atoms with Crippen LogP contribution in [0.5, 0.6) is 5.75 Å². The summed E-state index contributed by atoms with van der Waals surface area (Å²) in [5, 5.41) is 0. The van der Waals surface area contributed by atoms with Gasteiger partial charge in [-0.15, -0.1) is 0 Å². The lowest BCUT2D eigenvalue weighted by Gasteiger charge is -2.04. The summed E-state index contributed by atoms with van der Waals surface area (Å²) in [5.41, 5.74) is -1.05. The van der Waals surface area contributed by atoms with Crippen LogP contribution in [-0.2, 0) is 0 Å². The summed E-state index contributed by atoms with van der Waals surface area (Å²) in [6.07, 6.45) is 1.26. The Morgan fingerprint density at radius 2 is 1.52 bits per heavy atom. The van der Waals surface area contributed by atoms with Gasteiger partial charge in [0.15, 0.2) is 29.1 Å².